The number of carbonyl (C=O) groups excluding carboxylic acids is 1. The van der Waals surface area contributed by atoms with E-state index in [2.05, 4.69) is 15.5 Å². The molecule has 9 heteroatoms. The molecule has 1 aromatic heterocycles. The van der Waals surface area contributed by atoms with Crippen LogP contribution in [0.2, 0.25) is 0 Å². The maximum absolute atomic E-state index is 12.8. The Bertz CT molecular complexity index is 877. The van der Waals surface area contributed by atoms with Crippen LogP contribution in [0.15, 0.2) is 17.2 Å². The Hall–Kier alpha value is -1.90. The molecule has 2 heterocycles. The van der Waals surface area contributed by atoms with E-state index in [0.29, 0.717) is 17.7 Å². The summed E-state index contributed by atoms with van der Waals surface area (Å²) in [5, 5.41) is 11.4. The quantitative estimate of drug-likeness (QED) is 0.747. The lowest BCUT2D eigenvalue weighted by Gasteiger charge is -2.25. The first-order chi connectivity index (χ1) is 14.6. The van der Waals surface area contributed by atoms with E-state index in [-0.39, 0.29) is 22.4 Å². The van der Waals surface area contributed by atoms with Gasteiger partial charge in [-0.1, -0.05) is 19.3 Å². The summed E-state index contributed by atoms with van der Waals surface area (Å²) in [5.74, 6) is 1.50. The van der Waals surface area contributed by atoms with Gasteiger partial charge < -0.3 is 15.0 Å². The molecule has 1 aromatic rings. The van der Waals surface area contributed by atoms with Crippen molar-refractivity contribution in [2.24, 2.45) is 11.8 Å². The van der Waals surface area contributed by atoms with Crippen molar-refractivity contribution in [2.45, 2.75) is 87.6 Å². The first-order valence-electron chi connectivity index (χ1n) is 11.4. The van der Waals surface area contributed by atoms with Crippen molar-refractivity contribution in [1.29, 1.82) is 0 Å². The van der Waals surface area contributed by atoms with E-state index >= 15 is 0 Å². The summed E-state index contributed by atoms with van der Waals surface area (Å²) >= 11 is 0. The molecule has 3 atom stereocenters. The molecule has 1 unspecified atom stereocenters. The Morgan fingerprint density at radius 2 is 1.71 bits per heavy atom. The number of ether oxygens (including phenoxy) is 1. The number of sulfone groups is 1. The second-order valence-electron chi connectivity index (χ2n) is 10.3. The molecule has 0 radical (unpaired) electrons. The van der Waals surface area contributed by atoms with E-state index in [1.807, 2.05) is 25.7 Å². The molecule has 1 saturated heterocycles. The molecule has 0 spiro atoms. The molecular weight excluding hydrogens is 416 g/mol. The normalized spacial score (nSPS) is 27.2. The minimum absolute atomic E-state index is 0.0845. The second kappa shape index (κ2) is 8.56. The third kappa shape index (κ3) is 5.13. The monoisotopic (exact) mass is 450 g/mol. The summed E-state index contributed by atoms with van der Waals surface area (Å²) in [6, 6.07) is 3.56. The van der Waals surface area contributed by atoms with Gasteiger partial charge in [-0.2, -0.15) is 0 Å². The lowest BCUT2D eigenvalue weighted by molar-refractivity contribution is 0.0280. The SMILES string of the molecule is CC(C)(C)OC(=O)N1CC2C[C@@H](Nc3ccc(S(=O)(=O)C4CCCCC4)nn3)C[C@@H]2C1. The molecule has 2 aliphatic carbocycles. The summed E-state index contributed by atoms with van der Waals surface area (Å²) in [6.07, 6.45) is 6.15. The van der Waals surface area contributed by atoms with Gasteiger partial charge in [0.05, 0.1) is 5.25 Å². The molecule has 3 aliphatic rings. The van der Waals surface area contributed by atoms with Gasteiger partial charge in [-0.15, -0.1) is 10.2 Å². The third-order valence-electron chi connectivity index (χ3n) is 6.68. The van der Waals surface area contributed by atoms with Gasteiger partial charge in [0.2, 0.25) is 0 Å². The van der Waals surface area contributed by atoms with Gasteiger partial charge in [0.15, 0.2) is 14.9 Å². The topological polar surface area (TPSA) is 101 Å². The van der Waals surface area contributed by atoms with Gasteiger partial charge in [0, 0.05) is 19.1 Å². The standard InChI is InChI=1S/C22H34N4O4S/c1-22(2,3)30-21(27)26-13-15-11-17(12-16(15)14-26)23-19-9-10-20(25-24-19)31(28,29)18-7-5-4-6-8-18/h9-10,15-18H,4-8,11-14H2,1-3H3,(H,23,24)/t15-,16?,17+/m1/s1. The average molecular weight is 451 g/mol. The predicted molar refractivity (Wildman–Crippen MR) is 118 cm³/mol. The number of carbonyl (C=O) groups is 1. The van der Waals surface area contributed by atoms with Crippen molar-refractivity contribution in [3.63, 3.8) is 0 Å². The van der Waals surface area contributed by atoms with Gasteiger partial charge in [-0.05, 0) is 70.4 Å². The van der Waals surface area contributed by atoms with Gasteiger partial charge in [0.1, 0.15) is 11.4 Å². The van der Waals surface area contributed by atoms with Crippen LogP contribution in [0.5, 0.6) is 0 Å². The van der Waals surface area contributed by atoms with Crippen molar-refractivity contribution >= 4 is 21.7 Å². The van der Waals surface area contributed by atoms with E-state index in [0.717, 1.165) is 58.0 Å². The van der Waals surface area contributed by atoms with E-state index in [4.69, 9.17) is 4.74 Å². The van der Waals surface area contributed by atoms with Crippen molar-refractivity contribution in [3.05, 3.63) is 12.1 Å². The number of amides is 1. The van der Waals surface area contributed by atoms with Crippen LogP contribution in [0, 0.1) is 11.8 Å². The molecular formula is C22H34N4O4S. The maximum atomic E-state index is 12.8. The highest BCUT2D eigenvalue weighted by Gasteiger charge is 2.43. The fourth-order valence-electron chi connectivity index (χ4n) is 5.20. The van der Waals surface area contributed by atoms with Crippen LogP contribution in [-0.4, -0.2) is 59.6 Å². The van der Waals surface area contributed by atoms with Crippen LogP contribution in [0.4, 0.5) is 10.6 Å². The third-order valence-corrected chi connectivity index (χ3v) is 8.83. The molecule has 1 aliphatic heterocycles. The predicted octanol–water partition coefficient (Wildman–Crippen LogP) is 3.64. The molecule has 31 heavy (non-hydrogen) atoms. The zero-order valence-corrected chi connectivity index (χ0v) is 19.5. The molecule has 8 nitrogen and oxygen atoms in total. The summed E-state index contributed by atoms with van der Waals surface area (Å²) in [7, 11) is -3.40. The first kappa shape index (κ1) is 22.3. The van der Waals surface area contributed by atoms with Crippen molar-refractivity contribution < 1.29 is 17.9 Å². The molecule has 3 fully saturated rings. The first-order valence-corrected chi connectivity index (χ1v) is 13.0. The minimum Gasteiger partial charge on any atom is -0.444 e. The minimum atomic E-state index is -3.40. The maximum Gasteiger partial charge on any atom is 0.410 e. The smallest absolute Gasteiger partial charge is 0.410 e. The van der Waals surface area contributed by atoms with Crippen molar-refractivity contribution in [2.75, 3.05) is 18.4 Å². The van der Waals surface area contributed by atoms with E-state index < -0.39 is 15.4 Å². The van der Waals surface area contributed by atoms with Gasteiger partial charge >= 0.3 is 6.09 Å². The molecule has 1 N–H and O–H groups in total. The highest BCUT2D eigenvalue weighted by molar-refractivity contribution is 7.92. The van der Waals surface area contributed by atoms with Gasteiger partial charge in [-0.25, -0.2) is 13.2 Å². The van der Waals surface area contributed by atoms with E-state index in [1.165, 1.54) is 0 Å². The number of nitrogens with one attached hydrogen (secondary N) is 1. The number of anilines is 1. The fourth-order valence-corrected chi connectivity index (χ4v) is 6.91. The largest absolute Gasteiger partial charge is 0.444 e. The number of aromatic nitrogens is 2. The Kier molecular flexibility index (Phi) is 6.16. The molecule has 4 rings (SSSR count). The van der Waals surface area contributed by atoms with Crippen molar-refractivity contribution in [3.8, 4) is 0 Å². The summed E-state index contributed by atoms with van der Waals surface area (Å²) < 4.78 is 31.1. The average Bonchev–Trinajstić information content (AvgIpc) is 3.26. The van der Waals surface area contributed by atoms with Gasteiger partial charge in [-0.3, -0.25) is 0 Å². The van der Waals surface area contributed by atoms with E-state index in [1.54, 1.807) is 12.1 Å². The highest BCUT2D eigenvalue weighted by atomic mass is 32.2. The zero-order valence-electron chi connectivity index (χ0n) is 18.7. The van der Waals surface area contributed by atoms with Crippen LogP contribution < -0.4 is 5.32 Å². The summed E-state index contributed by atoms with van der Waals surface area (Å²) in [6.45, 7) is 7.10. The van der Waals surface area contributed by atoms with Crippen LogP contribution in [0.3, 0.4) is 0 Å². The Morgan fingerprint density at radius 3 is 2.26 bits per heavy atom. The number of nitrogens with zero attached hydrogens (tertiary/aromatic N) is 3. The zero-order chi connectivity index (χ0) is 22.2. The lowest BCUT2D eigenvalue weighted by Crippen LogP contribution is -2.36. The molecule has 0 bridgehead atoms. The Labute approximate surface area is 185 Å². The Balaban J connectivity index is 1.30. The van der Waals surface area contributed by atoms with Crippen molar-refractivity contribution in [1.82, 2.24) is 15.1 Å². The molecule has 2 saturated carbocycles. The van der Waals surface area contributed by atoms with Crippen LogP contribution >= 0.6 is 0 Å². The number of hydrogen-bond acceptors (Lipinski definition) is 7. The number of rotatable bonds is 4. The summed E-state index contributed by atoms with van der Waals surface area (Å²) in [5.41, 5.74) is -0.478. The van der Waals surface area contributed by atoms with E-state index in [9.17, 15) is 13.2 Å². The summed E-state index contributed by atoms with van der Waals surface area (Å²) in [4.78, 5) is 14.1. The number of likely N-dealkylation sites (tertiary alicyclic amines) is 1. The number of hydrogen-bond donors (Lipinski definition) is 1. The molecule has 1 amide bonds. The van der Waals surface area contributed by atoms with Gasteiger partial charge in [0.25, 0.3) is 0 Å². The Morgan fingerprint density at radius 1 is 1.06 bits per heavy atom. The fraction of sp³-hybridized carbons (Fsp3) is 0.773. The lowest BCUT2D eigenvalue weighted by atomic mass is 10.0. The number of fused-ring (bicyclic) bond motifs is 1. The van der Waals surface area contributed by atoms with Crippen LogP contribution in [-0.2, 0) is 14.6 Å². The molecule has 0 aromatic carbocycles. The highest BCUT2D eigenvalue weighted by Crippen LogP contribution is 2.39. The second-order valence-corrected chi connectivity index (χ2v) is 12.5. The van der Waals surface area contributed by atoms with Crippen LogP contribution in [0.1, 0.15) is 65.7 Å². The van der Waals surface area contributed by atoms with Crippen LogP contribution in [0.25, 0.3) is 0 Å². The molecule has 172 valence electrons.